The van der Waals surface area contributed by atoms with E-state index in [9.17, 15) is 0 Å². The molecule has 0 aliphatic heterocycles. The molecule has 0 spiro atoms. The molecule has 13 heavy (non-hydrogen) atoms. The highest BCUT2D eigenvalue weighted by atomic mass is 14.7. The molecule has 1 rings (SSSR count). The van der Waals surface area contributed by atoms with Gasteiger partial charge in [-0.1, -0.05) is 13.8 Å². The lowest BCUT2D eigenvalue weighted by Crippen LogP contribution is -2.36. The maximum absolute atomic E-state index is 6.03. The molecular weight excluding hydrogens is 158 g/mol. The molecule has 0 bridgehead atoms. The minimum Gasteiger partial charge on any atom is -0.326 e. The average Bonchev–Trinajstić information content (AvgIpc) is 1.91. The van der Waals surface area contributed by atoms with Gasteiger partial charge in [0, 0.05) is 5.54 Å². The molecule has 1 fully saturated rings. The molecule has 0 unspecified atom stereocenters. The Labute approximate surface area is 83.1 Å². The smallest absolute Gasteiger partial charge is 0.00996 e. The van der Waals surface area contributed by atoms with E-state index in [2.05, 4.69) is 27.7 Å². The van der Waals surface area contributed by atoms with Gasteiger partial charge in [-0.3, -0.25) is 0 Å². The topological polar surface area (TPSA) is 26.0 Å². The predicted octanol–water partition coefficient (Wildman–Crippen LogP) is 3.33. The van der Waals surface area contributed by atoms with Crippen molar-refractivity contribution in [1.82, 2.24) is 0 Å². The zero-order chi connectivity index (χ0) is 10.1. The predicted molar refractivity (Wildman–Crippen MR) is 58.6 cm³/mol. The van der Waals surface area contributed by atoms with Crippen molar-refractivity contribution in [3.8, 4) is 0 Å². The lowest BCUT2D eigenvalue weighted by molar-refractivity contribution is 0.169. The van der Waals surface area contributed by atoms with Gasteiger partial charge >= 0.3 is 0 Å². The molecule has 1 aliphatic rings. The fourth-order valence-corrected chi connectivity index (χ4v) is 2.41. The molecule has 0 aromatic carbocycles. The Hall–Kier alpha value is -0.0400. The fourth-order valence-electron chi connectivity index (χ4n) is 2.41. The second-order valence-electron chi connectivity index (χ2n) is 6.30. The third kappa shape index (κ3) is 4.12. The summed E-state index contributed by atoms with van der Waals surface area (Å²) in [6, 6.07) is 0. The van der Waals surface area contributed by atoms with Crippen LogP contribution in [0.5, 0.6) is 0 Å². The third-order valence-electron chi connectivity index (χ3n) is 3.27. The Morgan fingerprint density at radius 2 is 1.69 bits per heavy atom. The minimum atomic E-state index is 0.0339. The Morgan fingerprint density at radius 3 is 2.08 bits per heavy atom. The monoisotopic (exact) mass is 183 g/mol. The Balaban J connectivity index is 2.34. The van der Waals surface area contributed by atoms with Crippen molar-refractivity contribution < 1.29 is 0 Å². The highest BCUT2D eigenvalue weighted by Crippen LogP contribution is 2.40. The van der Waals surface area contributed by atoms with Gasteiger partial charge in [-0.2, -0.15) is 0 Å². The molecule has 0 atom stereocenters. The Morgan fingerprint density at radius 1 is 1.23 bits per heavy atom. The van der Waals surface area contributed by atoms with Gasteiger partial charge in [-0.05, 0) is 57.3 Å². The van der Waals surface area contributed by atoms with Gasteiger partial charge in [-0.25, -0.2) is 0 Å². The molecule has 1 heteroatoms. The second kappa shape index (κ2) is 3.61. The molecule has 1 saturated carbocycles. The summed E-state index contributed by atoms with van der Waals surface area (Å²) in [6.07, 6.45) is 6.73. The zero-order valence-electron chi connectivity index (χ0n) is 9.69. The van der Waals surface area contributed by atoms with E-state index < -0.39 is 0 Å². The fraction of sp³-hybridized carbons (Fsp3) is 1.00. The molecule has 78 valence electrons. The van der Waals surface area contributed by atoms with Crippen LogP contribution in [0.3, 0.4) is 0 Å². The maximum atomic E-state index is 6.03. The van der Waals surface area contributed by atoms with Gasteiger partial charge in [0.05, 0.1) is 0 Å². The molecule has 0 aromatic rings. The summed E-state index contributed by atoms with van der Waals surface area (Å²) in [6.45, 7) is 9.06. The summed E-state index contributed by atoms with van der Waals surface area (Å²) in [7, 11) is 0. The van der Waals surface area contributed by atoms with Crippen LogP contribution in [0, 0.1) is 11.3 Å². The quantitative estimate of drug-likeness (QED) is 0.698. The van der Waals surface area contributed by atoms with Crippen LogP contribution >= 0.6 is 0 Å². The van der Waals surface area contributed by atoms with Crippen molar-refractivity contribution in [2.45, 2.75) is 65.3 Å². The van der Waals surface area contributed by atoms with Gasteiger partial charge in [0.1, 0.15) is 0 Å². The first-order valence-electron chi connectivity index (χ1n) is 5.57. The van der Waals surface area contributed by atoms with Crippen LogP contribution in [0.15, 0.2) is 0 Å². The molecule has 0 amide bonds. The van der Waals surface area contributed by atoms with Gasteiger partial charge < -0.3 is 5.73 Å². The van der Waals surface area contributed by atoms with E-state index in [4.69, 9.17) is 5.73 Å². The summed E-state index contributed by atoms with van der Waals surface area (Å²) in [5, 5.41) is 0. The number of nitrogens with two attached hydrogens (primary N) is 1. The number of hydrogen-bond donors (Lipinski definition) is 1. The van der Waals surface area contributed by atoms with E-state index in [1.54, 1.807) is 0 Å². The van der Waals surface area contributed by atoms with Crippen molar-refractivity contribution in [2.24, 2.45) is 17.1 Å². The standard InChI is InChI=1S/C12H25N/c1-11(2)7-5-10(6-8-11)9-12(3,4)13/h10H,5-9,13H2,1-4H3. The summed E-state index contributed by atoms with van der Waals surface area (Å²) in [5.41, 5.74) is 6.66. The largest absolute Gasteiger partial charge is 0.326 e. The minimum absolute atomic E-state index is 0.0339. The van der Waals surface area contributed by atoms with E-state index in [-0.39, 0.29) is 5.54 Å². The molecule has 1 nitrogen and oxygen atoms in total. The van der Waals surface area contributed by atoms with E-state index in [0.29, 0.717) is 5.41 Å². The van der Waals surface area contributed by atoms with Crippen molar-refractivity contribution in [3.63, 3.8) is 0 Å². The first-order chi connectivity index (χ1) is 5.79. The molecule has 1 aliphatic carbocycles. The Bertz CT molecular complexity index is 154. The van der Waals surface area contributed by atoms with Crippen LogP contribution in [0.1, 0.15) is 59.8 Å². The zero-order valence-corrected chi connectivity index (χ0v) is 9.69. The molecular formula is C12H25N. The maximum Gasteiger partial charge on any atom is 0.00996 e. The van der Waals surface area contributed by atoms with Gasteiger partial charge in [0.15, 0.2) is 0 Å². The van der Waals surface area contributed by atoms with Gasteiger partial charge in [-0.15, -0.1) is 0 Å². The van der Waals surface area contributed by atoms with Crippen molar-refractivity contribution in [2.75, 3.05) is 0 Å². The lowest BCUT2D eigenvalue weighted by Gasteiger charge is -2.36. The van der Waals surface area contributed by atoms with E-state index in [0.717, 1.165) is 5.92 Å². The summed E-state index contributed by atoms with van der Waals surface area (Å²) in [5.74, 6) is 0.882. The van der Waals surface area contributed by atoms with Crippen LogP contribution < -0.4 is 5.73 Å². The van der Waals surface area contributed by atoms with Crippen LogP contribution in [-0.2, 0) is 0 Å². The van der Waals surface area contributed by atoms with Crippen molar-refractivity contribution in [1.29, 1.82) is 0 Å². The van der Waals surface area contributed by atoms with Crippen LogP contribution in [0.4, 0.5) is 0 Å². The van der Waals surface area contributed by atoms with Crippen LogP contribution in [0.25, 0.3) is 0 Å². The molecule has 0 saturated heterocycles. The molecule has 0 radical (unpaired) electrons. The summed E-state index contributed by atoms with van der Waals surface area (Å²) in [4.78, 5) is 0. The van der Waals surface area contributed by atoms with E-state index >= 15 is 0 Å². The third-order valence-corrected chi connectivity index (χ3v) is 3.27. The van der Waals surface area contributed by atoms with Crippen LogP contribution in [-0.4, -0.2) is 5.54 Å². The van der Waals surface area contributed by atoms with E-state index in [1.165, 1.54) is 32.1 Å². The SMILES string of the molecule is CC(C)(N)CC1CCC(C)(C)CC1. The summed E-state index contributed by atoms with van der Waals surface area (Å²) < 4.78 is 0. The number of rotatable bonds is 2. The first kappa shape index (κ1) is 11.0. The first-order valence-corrected chi connectivity index (χ1v) is 5.57. The summed E-state index contributed by atoms with van der Waals surface area (Å²) >= 11 is 0. The highest BCUT2D eigenvalue weighted by molar-refractivity contribution is 4.83. The molecule has 0 heterocycles. The second-order valence-corrected chi connectivity index (χ2v) is 6.30. The van der Waals surface area contributed by atoms with Crippen LogP contribution in [0.2, 0.25) is 0 Å². The normalized spacial score (nSPS) is 24.7. The van der Waals surface area contributed by atoms with E-state index in [1.807, 2.05) is 0 Å². The van der Waals surface area contributed by atoms with Gasteiger partial charge in [0.25, 0.3) is 0 Å². The molecule has 0 aromatic heterocycles. The van der Waals surface area contributed by atoms with Crippen molar-refractivity contribution in [3.05, 3.63) is 0 Å². The highest BCUT2D eigenvalue weighted by Gasteiger charge is 2.29. The number of hydrogen-bond acceptors (Lipinski definition) is 1. The van der Waals surface area contributed by atoms with Gasteiger partial charge in [0.2, 0.25) is 0 Å². The average molecular weight is 183 g/mol. The lowest BCUT2D eigenvalue weighted by atomic mass is 9.70. The Kier molecular flexibility index (Phi) is 3.06. The molecule has 2 N–H and O–H groups in total. The van der Waals surface area contributed by atoms with Crippen molar-refractivity contribution >= 4 is 0 Å².